The molecule has 1 aromatic heterocycles. The third-order valence-corrected chi connectivity index (χ3v) is 3.59. The minimum absolute atomic E-state index is 0.309. The van der Waals surface area contributed by atoms with Gasteiger partial charge in [-0.25, -0.2) is 10.9 Å². The van der Waals surface area contributed by atoms with Crippen molar-refractivity contribution in [1.29, 1.82) is 0 Å². The van der Waals surface area contributed by atoms with Crippen LogP contribution in [0.5, 0.6) is 0 Å². The summed E-state index contributed by atoms with van der Waals surface area (Å²) in [6.07, 6.45) is 2.63. The van der Waals surface area contributed by atoms with Crippen molar-refractivity contribution in [2.24, 2.45) is 0 Å². The molecule has 0 bridgehead atoms. The second-order valence-corrected chi connectivity index (χ2v) is 5.36. The Labute approximate surface area is 133 Å². The predicted octanol–water partition coefficient (Wildman–Crippen LogP) is 0.804. The predicted molar refractivity (Wildman–Crippen MR) is 84.8 cm³/mol. The zero-order valence-electron chi connectivity index (χ0n) is 12.7. The molecule has 0 saturated heterocycles. The highest BCUT2D eigenvalue weighted by atomic mass is 16.4. The fraction of sp³-hybridized carbons (Fsp3) is 0.312. The summed E-state index contributed by atoms with van der Waals surface area (Å²) in [4.78, 5) is 36.5. The van der Waals surface area contributed by atoms with E-state index in [1.54, 1.807) is 0 Å². The summed E-state index contributed by atoms with van der Waals surface area (Å²) in [6, 6.07) is 6.28. The van der Waals surface area contributed by atoms with Crippen molar-refractivity contribution in [3.63, 3.8) is 0 Å². The lowest BCUT2D eigenvalue weighted by atomic mass is 10.1. The van der Waals surface area contributed by atoms with Gasteiger partial charge in [-0.3, -0.25) is 9.59 Å². The Morgan fingerprint density at radius 1 is 1.30 bits per heavy atom. The maximum atomic E-state index is 11.4. The summed E-state index contributed by atoms with van der Waals surface area (Å²) >= 11 is 0. The van der Waals surface area contributed by atoms with Gasteiger partial charge in [0.2, 0.25) is 0 Å². The quantitative estimate of drug-likeness (QED) is 0.402. The molecule has 0 saturated carbocycles. The third-order valence-electron chi connectivity index (χ3n) is 3.59. The summed E-state index contributed by atoms with van der Waals surface area (Å²) < 4.78 is 0. The van der Waals surface area contributed by atoms with Gasteiger partial charge in [0, 0.05) is 17.1 Å². The molecular formula is C16H19N3O4. The monoisotopic (exact) mass is 317 g/mol. The second-order valence-electron chi connectivity index (χ2n) is 5.36. The van der Waals surface area contributed by atoms with Crippen LogP contribution < -0.4 is 10.9 Å². The SMILES string of the molecule is CC(=O)[C@H](CC(=O)O)NN[C@H](C=O)Cc1c[nH]c2ccccc12. The number of H-pyrrole nitrogens is 1. The molecule has 23 heavy (non-hydrogen) atoms. The molecule has 0 spiro atoms. The number of carbonyl (C=O) groups is 3. The lowest BCUT2D eigenvalue weighted by Crippen LogP contribution is -2.51. The van der Waals surface area contributed by atoms with E-state index in [1.807, 2.05) is 30.5 Å². The second kappa shape index (κ2) is 7.66. The molecule has 7 nitrogen and oxygen atoms in total. The van der Waals surface area contributed by atoms with Crippen LogP contribution >= 0.6 is 0 Å². The summed E-state index contributed by atoms with van der Waals surface area (Å²) in [5.74, 6) is -1.39. The van der Waals surface area contributed by atoms with E-state index in [1.165, 1.54) is 6.92 Å². The maximum Gasteiger partial charge on any atom is 0.305 e. The van der Waals surface area contributed by atoms with Crippen LogP contribution in [0.3, 0.4) is 0 Å². The fourth-order valence-electron chi connectivity index (χ4n) is 2.35. The van der Waals surface area contributed by atoms with E-state index in [2.05, 4.69) is 15.8 Å². The summed E-state index contributed by atoms with van der Waals surface area (Å²) in [5, 5.41) is 9.81. The number of Topliss-reactive ketones (excluding diaryl/α,β-unsaturated/α-hetero) is 1. The Morgan fingerprint density at radius 3 is 2.70 bits per heavy atom. The van der Waals surface area contributed by atoms with Gasteiger partial charge in [0.15, 0.2) is 0 Å². The zero-order chi connectivity index (χ0) is 16.8. The molecule has 7 heteroatoms. The van der Waals surface area contributed by atoms with Gasteiger partial charge in [-0.05, 0) is 25.0 Å². The Balaban J connectivity index is 2.01. The van der Waals surface area contributed by atoms with Crippen LogP contribution in [0.25, 0.3) is 10.9 Å². The summed E-state index contributed by atoms with van der Waals surface area (Å²) in [5.41, 5.74) is 7.33. The molecule has 0 aliphatic carbocycles. The van der Waals surface area contributed by atoms with Gasteiger partial charge in [-0.15, -0.1) is 0 Å². The summed E-state index contributed by atoms with van der Waals surface area (Å²) in [7, 11) is 0. The first-order valence-electron chi connectivity index (χ1n) is 7.25. The number of hydrogen-bond donors (Lipinski definition) is 4. The fourth-order valence-corrected chi connectivity index (χ4v) is 2.35. The molecule has 1 aromatic carbocycles. The van der Waals surface area contributed by atoms with E-state index in [0.29, 0.717) is 6.42 Å². The first kappa shape index (κ1) is 16.9. The molecule has 0 aliphatic heterocycles. The average molecular weight is 317 g/mol. The minimum atomic E-state index is -1.08. The maximum absolute atomic E-state index is 11.4. The number of aliphatic carboxylic acids is 1. The van der Waals surface area contributed by atoms with Crippen molar-refractivity contribution in [2.75, 3.05) is 0 Å². The van der Waals surface area contributed by atoms with Gasteiger partial charge >= 0.3 is 5.97 Å². The number of carbonyl (C=O) groups excluding carboxylic acids is 2. The van der Waals surface area contributed by atoms with Gasteiger partial charge < -0.3 is 14.9 Å². The van der Waals surface area contributed by atoms with Crippen LogP contribution in [0.1, 0.15) is 18.9 Å². The number of para-hydroxylation sites is 1. The van der Waals surface area contributed by atoms with Crippen molar-refractivity contribution >= 4 is 28.9 Å². The van der Waals surface area contributed by atoms with E-state index in [0.717, 1.165) is 22.8 Å². The number of carboxylic acid groups (broad SMARTS) is 1. The number of nitrogens with one attached hydrogen (secondary N) is 3. The molecule has 2 rings (SSSR count). The van der Waals surface area contributed by atoms with Crippen molar-refractivity contribution in [3.05, 3.63) is 36.0 Å². The smallest absolute Gasteiger partial charge is 0.305 e. The van der Waals surface area contributed by atoms with E-state index < -0.39 is 18.1 Å². The van der Waals surface area contributed by atoms with E-state index in [-0.39, 0.29) is 12.2 Å². The van der Waals surface area contributed by atoms with Gasteiger partial charge in [-0.1, -0.05) is 18.2 Å². The van der Waals surface area contributed by atoms with Crippen LogP contribution in [-0.2, 0) is 20.8 Å². The average Bonchev–Trinajstić information content (AvgIpc) is 2.92. The van der Waals surface area contributed by atoms with E-state index in [4.69, 9.17) is 5.11 Å². The van der Waals surface area contributed by atoms with Crippen LogP contribution in [0.2, 0.25) is 0 Å². The summed E-state index contributed by atoms with van der Waals surface area (Å²) in [6.45, 7) is 1.30. The lowest BCUT2D eigenvalue weighted by Gasteiger charge is -2.18. The number of carboxylic acids is 1. The number of hydrogen-bond acceptors (Lipinski definition) is 5. The number of hydrazine groups is 1. The number of benzene rings is 1. The first-order chi connectivity index (χ1) is 11.0. The molecule has 0 unspecified atom stereocenters. The van der Waals surface area contributed by atoms with E-state index in [9.17, 15) is 14.4 Å². The highest BCUT2D eigenvalue weighted by Crippen LogP contribution is 2.18. The third kappa shape index (κ3) is 4.48. The van der Waals surface area contributed by atoms with Crippen molar-refractivity contribution in [3.8, 4) is 0 Å². The van der Waals surface area contributed by atoms with Crippen molar-refractivity contribution in [1.82, 2.24) is 15.8 Å². The van der Waals surface area contributed by atoms with Gasteiger partial charge in [0.05, 0.1) is 18.5 Å². The normalized spacial score (nSPS) is 13.6. The van der Waals surface area contributed by atoms with Gasteiger partial charge in [0.25, 0.3) is 0 Å². The molecule has 1 heterocycles. The van der Waals surface area contributed by atoms with Crippen molar-refractivity contribution in [2.45, 2.75) is 31.8 Å². The number of aromatic nitrogens is 1. The van der Waals surface area contributed by atoms with Crippen LogP contribution in [-0.4, -0.2) is 40.2 Å². The molecule has 4 N–H and O–H groups in total. The molecule has 0 fully saturated rings. The molecule has 0 amide bonds. The molecule has 0 radical (unpaired) electrons. The van der Waals surface area contributed by atoms with Crippen LogP contribution in [0.4, 0.5) is 0 Å². The number of aldehydes is 1. The Kier molecular flexibility index (Phi) is 5.61. The first-order valence-corrected chi connectivity index (χ1v) is 7.25. The van der Waals surface area contributed by atoms with Crippen LogP contribution in [0, 0.1) is 0 Å². The number of fused-ring (bicyclic) bond motifs is 1. The number of rotatable bonds is 9. The van der Waals surface area contributed by atoms with E-state index >= 15 is 0 Å². The van der Waals surface area contributed by atoms with Gasteiger partial charge in [0.1, 0.15) is 12.1 Å². The van der Waals surface area contributed by atoms with Crippen molar-refractivity contribution < 1.29 is 19.5 Å². The standard InChI is InChI=1S/C16H19N3O4/c1-10(21)15(7-16(22)23)19-18-12(9-20)6-11-8-17-14-5-3-2-4-13(11)14/h2-5,8-9,12,15,17-19H,6-7H2,1H3,(H,22,23)/t12-,15-/m0/s1. The molecule has 0 aliphatic rings. The Hall–Kier alpha value is -2.51. The molecular weight excluding hydrogens is 298 g/mol. The Bertz CT molecular complexity index is 710. The highest BCUT2D eigenvalue weighted by molar-refractivity contribution is 5.86. The van der Waals surface area contributed by atoms with Crippen LogP contribution in [0.15, 0.2) is 30.5 Å². The number of ketones is 1. The van der Waals surface area contributed by atoms with Gasteiger partial charge in [-0.2, -0.15) is 0 Å². The molecule has 122 valence electrons. The minimum Gasteiger partial charge on any atom is -0.481 e. The molecule has 2 atom stereocenters. The number of aromatic amines is 1. The topological polar surface area (TPSA) is 111 Å². The zero-order valence-corrected chi connectivity index (χ0v) is 12.7. The largest absolute Gasteiger partial charge is 0.481 e. The molecule has 2 aromatic rings. The lowest BCUT2D eigenvalue weighted by molar-refractivity contribution is -0.139. The Morgan fingerprint density at radius 2 is 2.04 bits per heavy atom. The highest BCUT2D eigenvalue weighted by Gasteiger charge is 2.19.